The number of benzene rings is 2. The van der Waals surface area contributed by atoms with Crippen LogP contribution in [0.3, 0.4) is 0 Å². The van der Waals surface area contributed by atoms with E-state index in [-0.39, 0.29) is 11.8 Å². The highest BCUT2D eigenvalue weighted by atomic mass is 16.5. The van der Waals surface area contributed by atoms with E-state index in [0.717, 1.165) is 35.7 Å². The minimum absolute atomic E-state index is 0.155. The van der Waals surface area contributed by atoms with Gasteiger partial charge in [-0.25, -0.2) is 4.68 Å². The lowest BCUT2D eigenvalue weighted by molar-refractivity contribution is -0.128. The van der Waals surface area contributed by atoms with E-state index < -0.39 is 0 Å². The van der Waals surface area contributed by atoms with Crippen molar-refractivity contribution in [1.29, 1.82) is 0 Å². The molecule has 4 rings (SSSR count). The number of nitrogens with zero attached hydrogens (tertiary/aromatic N) is 3. The lowest BCUT2D eigenvalue weighted by Crippen LogP contribution is -2.24. The summed E-state index contributed by atoms with van der Waals surface area (Å²) in [6, 6.07) is 16.9. The predicted molar refractivity (Wildman–Crippen MR) is 112 cm³/mol. The van der Waals surface area contributed by atoms with Crippen molar-refractivity contribution in [1.82, 2.24) is 20.0 Å². The van der Waals surface area contributed by atoms with Crippen LogP contribution in [0.1, 0.15) is 34.5 Å². The van der Waals surface area contributed by atoms with Gasteiger partial charge in [-0.15, -0.1) is 0 Å². The number of rotatable bonds is 7. The average molecular weight is 404 g/mol. The Morgan fingerprint density at radius 2 is 1.87 bits per heavy atom. The Bertz CT molecular complexity index is 1030. The van der Waals surface area contributed by atoms with Gasteiger partial charge < -0.3 is 15.0 Å². The second kappa shape index (κ2) is 8.82. The molecule has 0 atom stereocenters. The zero-order chi connectivity index (χ0) is 20.9. The van der Waals surface area contributed by atoms with Crippen molar-refractivity contribution in [3.05, 3.63) is 77.6 Å². The summed E-state index contributed by atoms with van der Waals surface area (Å²) in [5, 5.41) is 7.40. The summed E-state index contributed by atoms with van der Waals surface area (Å²) >= 11 is 0. The largest absolute Gasteiger partial charge is 0.497 e. The number of likely N-dealkylation sites (tertiary alicyclic amines) is 1. The van der Waals surface area contributed by atoms with Crippen LogP contribution >= 0.6 is 0 Å². The van der Waals surface area contributed by atoms with Gasteiger partial charge in [0.2, 0.25) is 5.91 Å². The van der Waals surface area contributed by atoms with Crippen LogP contribution in [-0.4, -0.2) is 40.1 Å². The zero-order valence-corrected chi connectivity index (χ0v) is 16.9. The second-order valence-corrected chi connectivity index (χ2v) is 7.25. The Balaban J connectivity index is 1.32. The molecule has 1 aliphatic rings. The van der Waals surface area contributed by atoms with E-state index >= 15 is 0 Å². The van der Waals surface area contributed by atoms with Crippen LogP contribution in [-0.2, 0) is 17.9 Å². The highest BCUT2D eigenvalue weighted by Gasteiger charge is 2.20. The highest BCUT2D eigenvalue weighted by Crippen LogP contribution is 2.16. The molecule has 0 bridgehead atoms. The quantitative estimate of drug-likeness (QED) is 0.657. The number of carbonyl (C=O) groups is 2. The minimum atomic E-state index is -0.155. The van der Waals surface area contributed by atoms with Crippen LogP contribution in [0.4, 0.5) is 0 Å². The third-order valence-electron chi connectivity index (χ3n) is 5.17. The van der Waals surface area contributed by atoms with Gasteiger partial charge in [0.25, 0.3) is 5.91 Å². The molecule has 0 radical (unpaired) electrons. The Morgan fingerprint density at radius 3 is 2.53 bits per heavy atom. The number of amides is 2. The Kier molecular flexibility index (Phi) is 5.79. The fourth-order valence-electron chi connectivity index (χ4n) is 3.46. The molecule has 0 aliphatic carbocycles. The van der Waals surface area contributed by atoms with Gasteiger partial charge in [-0.2, -0.15) is 5.10 Å². The first-order valence-electron chi connectivity index (χ1n) is 9.96. The average Bonchev–Trinajstić information content (AvgIpc) is 3.42. The topological polar surface area (TPSA) is 76.5 Å². The number of aromatic nitrogens is 2. The molecule has 1 aromatic heterocycles. The first-order valence-corrected chi connectivity index (χ1v) is 9.96. The van der Waals surface area contributed by atoms with Crippen molar-refractivity contribution in [2.24, 2.45) is 0 Å². The maximum atomic E-state index is 12.4. The first-order chi connectivity index (χ1) is 14.6. The standard InChI is InChI=1S/C23H24N4O3/c1-30-21-10-8-20(9-11-21)27-14-12-19(25-27)15-24-23(29)18-6-4-17(5-7-18)16-26-13-2-3-22(26)28/h4-12,14H,2-3,13,15-16H2,1H3,(H,24,29). The summed E-state index contributed by atoms with van der Waals surface area (Å²) in [5.74, 6) is 0.833. The molecule has 0 saturated carbocycles. The summed E-state index contributed by atoms with van der Waals surface area (Å²) in [5.41, 5.74) is 3.30. The molecule has 7 heteroatoms. The fourth-order valence-corrected chi connectivity index (χ4v) is 3.46. The zero-order valence-electron chi connectivity index (χ0n) is 16.9. The monoisotopic (exact) mass is 404 g/mol. The third-order valence-corrected chi connectivity index (χ3v) is 5.17. The van der Waals surface area contributed by atoms with Crippen molar-refractivity contribution in [2.75, 3.05) is 13.7 Å². The Labute approximate surface area is 175 Å². The molecule has 1 saturated heterocycles. The van der Waals surface area contributed by atoms with Crippen molar-refractivity contribution in [3.63, 3.8) is 0 Å². The fraction of sp³-hybridized carbons (Fsp3) is 0.261. The van der Waals surface area contributed by atoms with Gasteiger partial charge in [-0.3, -0.25) is 9.59 Å². The smallest absolute Gasteiger partial charge is 0.251 e. The van der Waals surface area contributed by atoms with Crippen molar-refractivity contribution < 1.29 is 14.3 Å². The summed E-state index contributed by atoms with van der Waals surface area (Å²) < 4.78 is 6.93. The molecule has 2 heterocycles. The van der Waals surface area contributed by atoms with E-state index in [0.29, 0.717) is 25.1 Å². The van der Waals surface area contributed by atoms with E-state index in [1.54, 1.807) is 23.9 Å². The molecule has 30 heavy (non-hydrogen) atoms. The maximum absolute atomic E-state index is 12.4. The molecular formula is C23H24N4O3. The van der Waals surface area contributed by atoms with E-state index in [1.165, 1.54) is 0 Å². The van der Waals surface area contributed by atoms with Crippen LogP contribution < -0.4 is 10.1 Å². The summed E-state index contributed by atoms with van der Waals surface area (Å²) in [4.78, 5) is 26.0. The van der Waals surface area contributed by atoms with Crippen LogP contribution in [0, 0.1) is 0 Å². The van der Waals surface area contributed by atoms with Gasteiger partial charge in [0, 0.05) is 31.3 Å². The lowest BCUT2D eigenvalue weighted by atomic mass is 10.1. The van der Waals surface area contributed by atoms with Crippen LogP contribution in [0.5, 0.6) is 5.75 Å². The highest BCUT2D eigenvalue weighted by molar-refractivity contribution is 5.94. The minimum Gasteiger partial charge on any atom is -0.497 e. The van der Waals surface area contributed by atoms with Crippen LogP contribution in [0.2, 0.25) is 0 Å². The van der Waals surface area contributed by atoms with Gasteiger partial charge in [0.1, 0.15) is 5.75 Å². The molecule has 3 aromatic rings. The number of nitrogens with one attached hydrogen (secondary N) is 1. The molecule has 1 fully saturated rings. The molecule has 1 aliphatic heterocycles. The van der Waals surface area contributed by atoms with Gasteiger partial charge in [-0.1, -0.05) is 12.1 Å². The van der Waals surface area contributed by atoms with E-state index in [4.69, 9.17) is 4.74 Å². The second-order valence-electron chi connectivity index (χ2n) is 7.25. The molecule has 2 amide bonds. The number of hydrogen-bond acceptors (Lipinski definition) is 4. The maximum Gasteiger partial charge on any atom is 0.251 e. The molecule has 2 aromatic carbocycles. The molecule has 1 N–H and O–H groups in total. The molecular weight excluding hydrogens is 380 g/mol. The summed E-state index contributed by atoms with van der Waals surface area (Å²) in [7, 11) is 1.63. The van der Waals surface area contributed by atoms with Crippen molar-refractivity contribution in [3.8, 4) is 11.4 Å². The van der Waals surface area contributed by atoms with E-state index in [9.17, 15) is 9.59 Å². The van der Waals surface area contributed by atoms with Gasteiger partial charge in [-0.05, 0) is 54.4 Å². The van der Waals surface area contributed by atoms with Crippen LogP contribution in [0.25, 0.3) is 5.69 Å². The normalized spacial score (nSPS) is 13.5. The number of carbonyl (C=O) groups excluding carboxylic acids is 2. The van der Waals surface area contributed by atoms with E-state index in [1.807, 2.05) is 53.6 Å². The SMILES string of the molecule is COc1ccc(-n2ccc(CNC(=O)c3ccc(CN4CCCC4=O)cc3)n2)cc1. The third kappa shape index (κ3) is 4.51. The molecule has 7 nitrogen and oxygen atoms in total. The molecule has 154 valence electrons. The van der Waals surface area contributed by atoms with Gasteiger partial charge >= 0.3 is 0 Å². The van der Waals surface area contributed by atoms with Crippen LogP contribution in [0.15, 0.2) is 60.8 Å². The Hall–Kier alpha value is -3.61. The van der Waals surface area contributed by atoms with Gasteiger partial charge in [0.05, 0.1) is 25.0 Å². The Morgan fingerprint density at radius 1 is 1.10 bits per heavy atom. The van der Waals surface area contributed by atoms with E-state index in [2.05, 4.69) is 10.4 Å². The number of hydrogen-bond donors (Lipinski definition) is 1. The summed E-state index contributed by atoms with van der Waals surface area (Å²) in [6.07, 6.45) is 3.42. The predicted octanol–water partition coefficient (Wildman–Crippen LogP) is 2.93. The molecule has 0 spiro atoms. The van der Waals surface area contributed by atoms with Crippen molar-refractivity contribution in [2.45, 2.75) is 25.9 Å². The summed E-state index contributed by atoms with van der Waals surface area (Å²) in [6.45, 7) is 1.75. The van der Waals surface area contributed by atoms with Crippen molar-refractivity contribution >= 4 is 11.8 Å². The molecule has 0 unspecified atom stereocenters. The van der Waals surface area contributed by atoms with Gasteiger partial charge in [0.15, 0.2) is 0 Å². The number of ether oxygens (including phenoxy) is 1. The first kappa shape index (κ1) is 19.7. The number of methoxy groups -OCH3 is 1. The lowest BCUT2D eigenvalue weighted by Gasteiger charge is -2.15.